The maximum Gasteiger partial charge on any atom is 0.273 e. The molecule has 0 spiro atoms. The van der Waals surface area contributed by atoms with Gasteiger partial charge in [-0.2, -0.15) is 10.4 Å². The molecule has 1 atom stereocenters. The van der Waals surface area contributed by atoms with E-state index in [1.807, 2.05) is 45.0 Å². The van der Waals surface area contributed by atoms with Crippen LogP contribution in [0.3, 0.4) is 0 Å². The maximum atomic E-state index is 13.4. The molecule has 0 unspecified atom stereocenters. The molecule has 0 radical (unpaired) electrons. The Kier molecular flexibility index (Phi) is 8.05. The summed E-state index contributed by atoms with van der Waals surface area (Å²) in [4.78, 5) is 45.1. The molecule has 10 heteroatoms. The van der Waals surface area contributed by atoms with Gasteiger partial charge in [-0.3, -0.25) is 24.0 Å². The number of nitrogens with zero attached hydrogens (tertiary/aromatic N) is 5. The van der Waals surface area contributed by atoms with Crippen LogP contribution in [0.1, 0.15) is 66.6 Å². The normalized spacial score (nSPS) is 13.7. The summed E-state index contributed by atoms with van der Waals surface area (Å²) < 4.78 is 1.79. The Morgan fingerprint density at radius 2 is 1.92 bits per heavy atom. The molecule has 0 aliphatic carbocycles. The highest BCUT2D eigenvalue weighted by molar-refractivity contribution is 6.06. The number of unbranched alkanes of at least 4 members (excludes halogenated alkanes) is 2. The second kappa shape index (κ2) is 11.4. The number of hydrogen-bond acceptors (Lipinski definition) is 6. The summed E-state index contributed by atoms with van der Waals surface area (Å²) in [5.41, 5.74) is 1.85. The van der Waals surface area contributed by atoms with Crippen LogP contribution < -0.4 is 10.6 Å². The summed E-state index contributed by atoms with van der Waals surface area (Å²) in [6.07, 6.45) is 3.66. The Morgan fingerprint density at radius 3 is 2.66 bits per heavy atom. The predicted octanol–water partition coefficient (Wildman–Crippen LogP) is 3.04. The first-order valence-electron chi connectivity index (χ1n) is 12.8. The van der Waals surface area contributed by atoms with Crippen molar-refractivity contribution in [2.75, 3.05) is 13.1 Å². The minimum Gasteiger partial charge on any atom is -0.353 e. The molecule has 3 heterocycles. The van der Waals surface area contributed by atoms with Crippen LogP contribution in [0.15, 0.2) is 42.6 Å². The zero-order chi connectivity index (χ0) is 27.3. The van der Waals surface area contributed by atoms with Gasteiger partial charge >= 0.3 is 0 Å². The first kappa shape index (κ1) is 26.8. The van der Waals surface area contributed by atoms with Gasteiger partial charge in [0.15, 0.2) is 5.69 Å². The average molecular weight is 516 g/mol. The van der Waals surface area contributed by atoms with Crippen molar-refractivity contribution in [3.63, 3.8) is 0 Å². The molecule has 0 saturated heterocycles. The highest BCUT2D eigenvalue weighted by atomic mass is 16.2. The first-order chi connectivity index (χ1) is 18.2. The van der Waals surface area contributed by atoms with Crippen molar-refractivity contribution >= 4 is 28.6 Å². The zero-order valence-electron chi connectivity index (χ0n) is 22.0. The zero-order valence-corrected chi connectivity index (χ0v) is 22.0. The SMILES string of the molecule is CC(C)(C)[C@H](NC(=O)c1nn(CCCCC#N)c2ccccc12)C(=O)NCCN1Cc2ncccc2C1=O. The number of aryl methyl sites for hydroxylation is 1. The number of nitrogens with one attached hydrogen (secondary N) is 2. The fourth-order valence-electron chi connectivity index (χ4n) is 4.58. The number of benzene rings is 1. The van der Waals surface area contributed by atoms with Crippen molar-refractivity contribution < 1.29 is 14.4 Å². The van der Waals surface area contributed by atoms with Crippen LogP contribution >= 0.6 is 0 Å². The number of pyridine rings is 1. The molecule has 3 aromatic rings. The lowest BCUT2D eigenvalue weighted by atomic mass is 9.86. The molecule has 198 valence electrons. The third-order valence-corrected chi connectivity index (χ3v) is 6.61. The molecular formula is C28H33N7O3. The van der Waals surface area contributed by atoms with Gasteiger partial charge in [0.2, 0.25) is 5.91 Å². The topological polar surface area (TPSA) is 133 Å². The molecule has 2 aromatic heterocycles. The van der Waals surface area contributed by atoms with E-state index in [4.69, 9.17) is 5.26 Å². The number of carbonyl (C=O) groups excluding carboxylic acids is 3. The van der Waals surface area contributed by atoms with E-state index >= 15 is 0 Å². The minimum atomic E-state index is -0.817. The van der Waals surface area contributed by atoms with Gasteiger partial charge in [-0.1, -0.05) is 39.0 Å². The minimum absolute atomic E-state index is 0.0990. The van der Waals surface area contributed by atoms with Gasteiger partial charge in [-0.05, 0) is 36.5 Å². The summed E-state index contributed by atoms with van der Waals surface area (Å²) in [6.45, 7) is 7.25. The van der Waals surface area contributed by atoms with Crippen LogP contribution in [-0.4, -0.2) is 56.5 Å². The average Bonchev–Trinajstić information content (AvgIpc) is 3.42. The van der Waals surface area contributed by atoms with Gasteiger partial charge in [0, 0.05) is 37.6 Å². The van der Waals surface area contributed by atoms with Gasteiger partial charge in [0.1, 0.15) is 6.04 Å². The van der Waals surface area contributed by atoms with Crippen molar-refractivity contribution in [1.29, 1.82) is 5.26 Å². The Hall–Kier alpha value is -4.26. The number of fused-ring (bicyclic) bond motifs is 2. The summed E-state index contributed by atoms with van der Waals surface area (Å²) in [6, 6.07) is 12.3. The Bertz CT molecular complexity index is 1380. The van der Waals surface area contributed by atoms with Gasteiger partial charge in [0.05, 0.1) is 29.4 Å². The van der Waals surface area contributed by atoms with Crippen LogP contribution in [-0.2, 0) is 17.9 Å². The van der Waals surface area contributed by atoms with Crippen LogP contribution in [0.25, 0.3) is 10.9 Å². The van der Waals surface area contributed by atoms with E-state index in [1.54, 1.807) is 27.9 Å². The smallest absolute Gasteiger partial charge is 0.273 e. The summed E-state index contributed by atoms with van der Waals surface area (Å²) in [5.74, 6) is -0.852. The van der Waals surface area contributed by atoms with Crippen LogP contribution in [0, 0.1) is 16.7 Å². The third kappa shape index (κ3) is 5.83. The van der Waals surface area contributed by atoms with Crippen LogP contribution in [0.4, 0.5) is 0 Å². The second-order valence-corrected chi connectivity index (χ2v) is 10.5. The maximum absolute atomic E-state index is 13.4. The van der Waals surface area contributed by atoms with Crippen molar-refractivity contribution in [2.45, 2.75) is 59.2 Å². The standard InChI is InChI=1S/C28H33N7O3/c1-28(2,3)24(26(37)31-15-17-34-18-21-19(27(34)38)11-9-14-30-21)32-25(36)23-20-10-5-6-12-22(20)35(33-23)16-8-4-7-13-29/h5-6,9-12,14,24H,4,7-8,15-18H2,1-3H3,(H,31,37)(H,32,36)/t24-/m1/s1. The Morgan fingerprint density at radius 1 is 1.13 bits per heavy atom. The quantitative estimate of drug-likeness (QED) is 0.399. The predicted molar refractivity (Wildman–Crippen MR) is 142 cm³/mol. The van der Waals surface area contributed by atoms with Crippen molar-refractivity contribution in [3.8, 4) is 6.07 Å². The summed E-state index contributed by atoms with van der Waals surface area (Å²) >= 11 is 0. The largest absolute Gasteiger partial charge is 0.353 e. The Labute approximate surface area is 222 Å². The fraction of sp³-hybridized carbons (Fsp3) is 0.429. The number of nitriles is 1. The molecule has 0 bridgehead atoms. The van der Waals surface area contributed by atoms with E-state index in [9.17, 15) is 14.4 Å². The molecule has 1 aliphatic rings. The van der Waals surface area contributed by atoms with E-state index in [1.165, 1.54) is 0 Å². The highest BCUT2D eigenvalue weighted by Gasteiger charge is 2.34. The lowest BCUT2D eigenvalue weighted by Gasteiger charge is -2.30. The molecule has 3 amide bonds. The van der Waals surface area contributed by atoms with E-state index in [2.05, 4.69) is 26.8 Å². The van der Waals surface area contributed by atoms with E-state index < -0.39 is 17.4 Å². The van der Waals surface area contributed by atoms with Crippen molar-refractivity contribution in [3.05, 3.63) is 59.5 Å². The monoisotopic (exact) mass is 515 g/mol. The molecule has 2 N–H and O–H groups in total. The highest BCUT2D eigenvalue weighted by Crippen LogP contribution is 2.23. The lowest BCUT2D eigenvalue weighted by Crippen LogP contribution is -2.54. The van der Waals surface area contributed by atoms with E-state index in [0.29, 0.717) is 37.0 Å². The molecule has 1 aliphatic heterocycles. The van der Waals surface area contributed by atoms with Gasteiger partial charge in [-0.25, -0.2) is 0 Å². The molecule has 10 nitrogen and oxygen atoms in total. The third-order valence-electron chi connectivity index (χ3n) is 6.61. The van der Waals surface area contributed by atoms with Gasteiger partial charge in [0.25, 0.3) is 11.8 Å². The van der Waals surface area contributed by atoms with Crippen molar-refractivity contribution in [2.24, 2.45) is 5.41 Å². The molecule has 1 aromatic carbocycles. The number of amides is 3. The van der Waals surface area contributed by atoms with Crippen molar-refractivity contribution in [1.82, 2.24) is 30.3 Å². The Balaban J connectivity index is 1.41. The fourth-order valence-corrected chi connectivity index (χ4v) is 4.58. The lowest BCUT2D eigenvalue weighted by molar-refractivity contribution is -0.125. The molecule has 38 heavy (non-hydrogen) atoms. The van der Waals surface area contributed by atoms with Gasteiger partial charge < -0.3 is 15.5 Å². The number of hydrogen-bond donors (Lipinski definition) is 2. The van der Waals surface area contributed by atoms with Crippen LogP contribution in [0.2, 0.25) is 0 Å². The van der Waals surface area contributed by atoms with Crippen LogP contribution in [0.5, 0.6) is 0 Å². The second-order valence-electron chi connectivity index (χ2n) is 10.5. The van der Waals surface area contributed by atoms with E-state index in [-0.39, 0.29) is 24.1 Å². The number of para-hydroxylation sites is 1. The molecule has 0 fully saturated rings. The number of carbonyl (C=O) groups is 3. The molecular weight excluding hydrogens is 482 g/mol. The first-order valence-corrected chi connectivity index (χ1v) is 12.8. The van der Waals surface area contributed by atoms with Gasteiger partial charge in [-0.15, -0.1) is 0 Å². The summed E-state index contributed by atoms with van der Waals surface area (Å²) in [5, 5.41) is 19.8. The molecule has 4 rings (SSSR count). The van der Waals surface area contributed by atoms with E-state index in [0.717, 1.165) is 24.1 Å². The molecule has 0 saturated carbocycles. The number of rotatable bonds is 10. The summed E-state index contributed by atoms with van der Waals surface area (Å²) in [7, 11) is 0. The number of aromatic nitrogens is 3.